The Hall–Kier alpha value is -5.78. The molecule has 210 valence electrons. The van der Waals surface area contributed by atoms with Crippen LogP contribution >= 0.6 is 11.3 Å². The highest BCUT2D eigenvalue weighted by Gasteiger charge is 2.18. The van der Waals surface area contributed by atoms with Crippen molar-refractivity contribution in [3.05, 3.63) is 146 Å². The fourth-order valence-electron chi connectivity index (χ4n) is 7.06. The molecular formula is C40H24N4S. The van der Waals surface area contributed by atoms with E-state index in [1.807, 2.05) is 6.20 Å². The number of hydrogen-bond donors (Lipinski definition) is 0. The van der Waals surface area contributed by atoms with Crippen molar-refractivity contribution in [2.24, 2.45) is 0 Å². The maximum Gasteiger partial charge on any atom is 0.235 e. The van der Waals surface area contributed by atoms with E-state index in [1.54, 1.807) is 11.3 Å². The zero-order valence-electron chi connectivity index (χ0n) is 24.1. The number of fused-ring (bicyclic) bond motifs is 9. The molecule has 4 aromatic heterocycles. The standard InChI is InChI=1S/C40H24N4S/c1-6-16-32(43-33-17-7-2-12-27(33)28-13-3-8-18-34(28)43)26(11-1)25-21-22-37-31(23-25)39-38(45-37)24-41-40(42-39)44-35-19-9-4-14-29(35)30-15-5-10-20-36(30)44/h1-24H. The van der Waals surface area contributed by atoms with E-state index in [9.17, 15) is 0 Å². The van der Waals surface area contributed by atoms with Gasteiger partial charge in [-0.3, -0.25) is 4.57 Å². The molecule has 0 aliphatic carbocycles. The molecule has 0 radical (unpaired) electrons. The molecule has 0 aliphatic heterocycles. The average molecular weight is 593 g/mol. The molecule has 0 atom stereocenters. The fraction of sp³-hybridized carbons (Fsp3) is 0. The van der Waals surface area contributed by atoms with Gasteiger partial charge < -0.3 is 4.57 Å². The third-order valence-corrected chi connectivity index (χ3v) is 10.1. The molecule has 0 N–H and O–H groups in total. The summed E-state index contributed by atoms with van der Waals surface area (Å²) in [5, 5.41) is 6.08. The van der Waals surface area contributed by atoms with E-state index in [2.05, 4.69) is 149 Å². The van der Waals surface area contributed by atoms with Crippen LogP contribution in [0.3, 0.4) is 0 Å². The van der Waals surface area contributed by atoms with Crippen LogP contribution in [-0.2, 0) is 0 Å². The van der Waals surface area contributed by atoms with Crippen molar-refractivity contribution in [3.63, 3.8) is 0 Å². The van der Waals surface area contributed by atoms with Gasteiger partial charge in [0.05, 0.1) is 44.2 Å². The van der Waals surface area contributed by atoms with E-state index in [0.29, 0.717) is 5.95 Å². The summed E-state index contributed by atoms with van der Waals surface area (Å²) >= 11 is 1.74. The highest BCUT2D eigenvalue weighted by molar-refractivity contribution is 7.25. The molecule has 4 nitrogen and oxygen atoms in total. The highest BCUT2D eigenvalue weighted by Crippen LogP contribution is 2.40. The van der Waals surface area contributed by atoms with Gasteiger partial charge in [0.1, 0.15) is 0 Å². The van der Waals surface area contributed by atoms with Crippen LogP contribution in [0.1, 0.15) is 0 Å². The minimum absolute atomic E-state index is 0.690. The van der Waals surface area contributed by atoms with Gasteiger partial charge in [-0.1, -0.05) is 97.1 Å². The van der Waals surface area contributed by atoms with Crippen LogP contribution < -0.4 is 0 Å². The number of nitrogens with zero attached hydrogens (tertiary/aromatic N) is 4. The van der Waals surface area contributed by atoms with Crippen molar-refractivity contribution in [2.75, 3.05) is 0 Å². The first-order valence-corrected chi connectivity index (χ1v) is 15.9. The smallest absolute Gasteiger partial charge is 0.235 e. The number of benzene rings is 6. The predicted molar refractivity (Wildman–Crippen MR) is 189 cm³/mol. The summed E-state index contributed by atoms with van der Waals surface area (Å²) in [5.41, 5.74) is 9.12. The van der Waals surface area contributed by atoms with Crippen LogP contribution in [0.4, 0.5) is 0 Å². The topological polar surface area (TPSA) is 35.6 Å². The molecule has 10 rings (SSSR count). The van der Waals surface area contributed by atoms with E-state index in [1.165, 1.54) is 42.8 Å². The maximum atomic E-state index is 5.25. The summed E-state index contributed by atoms with van der Waals surface area (Å²) in [5.74, 6) is 0.690. The van der Waals surface area contributed by atoms with E-state index >= 15 is 0 Å². The first-order valence-electron chi connectivity index (χ1n) is 15.1. The lowest BCUT2D eigenvalue weighted by molar-refractivity contribution is 1.01. The minimum atomic E-state index is 0.690. The van der Waals surface area contributed by atoms with Crippen molar-refractivity contribution >= 4 is 75.3 Å². The summed E-state index contributed by atoms with van der Waals surface area (Å²) in [4.78, 5) is 10.1. The molecule has 5 heteroatoms. The van der Waals surface area contributed by atoms with Gasteiger partial charge in [-0.2, -0.15) is 0 Å². The second-order valence-corrected chi connectivity index (χ2v) is 12.5. The molecule has 0 saturated heterocycles. The Labute approximate surface area is 262 Å². The second kappa shape index (κ2) is 9.36. The Morgan fingerprint density at radius 2 is 1.00 bits per heavy atom. The van der Waals surface area contributed by atoms with Crippen LogP contribution in [0.25, 0.3) is 86.7 Å². The molecule has 10 aromatic rings. The van der Waals surface area contributed by atoms with Gasteiger partial charge in [0, 0.05) is 37.2 Å². The summed E-state index contributed by atoms with van der Waals surface area (Å²) in [6.45, 7) is 0. The van der Waals surface area contributed by atoms with Crippen molar-refractivity contribution < 1.29 is 0 Å². The number of aromatic nitrogens is 4. The molecule has 0 amide bonds. The molecule has 4 heterocycles. The first kappa shape index (κ1) is 24.6. The molecule has 0 unspecified atom stereocenters. The zero-order chi connectivity index (χ0) is 29.5. The lowest BCUT2D eigenvalue weighted by atomic mass is 10.0. The van der Waals surface area contributed by atoms with Gasteiger partial charge in [-0.15, -0.1) is 11.3 Å². The van der Waals surface area contributed by atoms with E-state index in [0.717, 1.165) is 37.9 Å². The number of para-hydroxylation sites is 5. The number of thiophene rings is 1. The maximum absolute atomic E-state index is 5.25. The van der Waals surface area contributed by atoms with Crippen LogP contribution in [-0.4, -0.2) is 19.1 Å². The van der Waals surface area contributed by atoms with Crippen molar-refractivity contribution in [1.29, 1.82) is 0 Å². The average Bonchev–Trinajstić information content (AvgIpc) is 3.75. The summed E-state index contributed by atoms with van der Waals surface area (Å²) < 4.78 is 6.88. The molecule has 0 bridgehead atoms. The SMILES string of the molecule is c1ccc(-n2c3ccccc3c3ccccc32)c(-c2ccc3sc4cnc(-n5c6ccccc6c6ccccc65)nc4c3c2)c1. The molecule has 0 spiro atoms. The summed E-state index contributed by atoms with van der Waals surface area (Å²) in [6, 6.07) is 49.9. The minimum Gasteiger partial charge on any atom is -0.309 e. The Bertz CT molecular complexity index is 2670. The van der Waals surface area contributed by atoms with Gasteiger partial charge in [-0.25, -0.2) is 9.97 Å². The van der Waals surface area contributed by atoms with Crippen LogP contribution in [0.15, 0.2) is 146 Å². The Kier molecular flexibility index (Phi) is 5.12. The first-order chi connectivity index (χ1) is 22.3. The number of rotatable bonds is 3. The summed E-state index contributed by atoms with van der Waals surface area (Å²) in [6.07, 6.45) is 1.98. The van der Waals surface area contributed by atoms with Crippen LogP contribution in [0.2, 0.25) is 0 Å². The van der Waals surface area contributed by atoms with Gasteiger partial charge in [0.2, 0.25) is 5.95 Å². The summed E-state index contributed by atoms with van der Waals surface area (Å²) in [7, 11) is 0. The Morgan fingerprint density at radius 1 is 0.467 bits per heavy atom. The lowest BCUT2D eigenvalue weighted by Gasteiger charge is -2.14. The number of hydrogen-bond acceptors (Lipinski definition) is 3. The van der Waals surface area contributed by atoms with E-state index in [-0.39, 0.29) is 0 Å². The largest absolute Gasteiger partial charge is 0.309 e. The van der Waals surface area contributed by atoms with E-state index in [4.69, 9.17) is 9.97 Å². The third-order valence-electron chi connectivity index (χ3n) is 9.01. The van der Waals surface area contributed by atoms with Gasteiger partial charge in [0.25, 0.3) is 0 Å². The fourth-order valence-corrected chi connectivity index (χ4v) is 8.06. The van der Waals surface area contributed by atoms with Gasteiger partial charge >= 0.3 is 0 Å². The molecule has 0 saturated carbocycles. The quantitative estimate of drug-likeness (QED) is 0.205. The third kappa shape index (κ3) is 3.53. The van der Waals surface area contributed by atoms with Crippen molar-refractivity contribution in [1.82, 2.24) is 19.1 Å². The van der Waals surface area contributed by atoms with Crippen LogP contribution in [0.5, 0.6) is 0 Å². The van der Waals surface area contributed by atoms with E-state index < -0.39 is 0 Å². The molecule has 0 aliphatic rings. The Morgan fingerprint density at radius 3 is 1.62 bits per heavy atom. The zero-order valence-corrected chi connectivity index (χ0v) is 24.9. The molecule has 6 aromatic carbocycles. The molecular weight excluding hydrogens is 569 g/mol. The Balaban J connectivity index is 1.20. The lowest BCUT2D eigenvalue weighted by Crippen LogP contribution is -2.00. The normalized spacial score (nSPS) is 12.0. The van der Waals surface area contributed by atoms with Gasteiger partial charge in [-0.05, 0) is 48.0 Å². The van der Waals surface area contributed by atoms with Crippen molar-refractivity contribution in [2.45, 2.75) is 0 Å². The predicted octanol–water partition coefficient (Wildman–Crippen LogP) is 10.7. The van der Waals surface area contributed by atoms with Gasteiger partial charge in [0.15, 0.2) is 0 Å². The second-order valence-electron chi connectivity index (χ2n) is 11.5. The highest BCUT2D eigenvalue weighted by atomic mass is 32.1. The molecule has 45 heavy (non-hydrogen) atoms. The van der Waals surface area contributed by atoms with Crippen LogP contribution in [0, 0.1) is 0 Å². The molecule has 0 fully saturated rings. The van der Waals surface area contributed by atoms with Crippen molar-refractivity contribution in [3.8, 4) is 22.8 Å². The monoisotopic (exact) mass is 592 g/mol.